The van der Waals surface area contributed by atoms with E-state index in [1.165, 1.54) is 12.1 Å². The first-order valence-corrected chi connectivity index (χ1v) is 7.60. The molecule has 3 unspecified atom stereocenters. The maximum Gasteiger partial charge on any atom is 0.416 e. The summed E-state index contributed by atoms with van der Waals surface area (Å²) < 4.78 is 37.5. The minimum absolute atomic E-state index is 0.00257. The number of hydrogen-bond donors (Lipinski definition) is 3. The molecule has 3 N–H and O–H groups in total. The summed E-state index contributed by atoms with van der Waals surface area (Å²) in [7, 11) is 0. The molecule has 1 aliphatic heterocycles. The van der Waals surface area contributed by atoms with E-state index in [-0.39, 0.29) is 17.7 Å². The monoisotopic (exact) mass is 330 g/mol. The predicted octanol–water partition coefficient (Wildman–Crippen LogP) is 1.58. The van der Waals surface area contributed by atoms with Crippen LogP contribution < -0.4 is 10.6 Å². The van der Waals surface area contributed by atoms with Gasteiger partial charge in [0.25, 0.3) is 0 Å². The van der Waals surface area contributed by atoms with Crippen molar-refractivity contribution in [3.8, 4) is 0 Å². The minimum atomic E-state index is -4.35. The fourth-order valence-corrected chi connectivity index (χ4v) is 2.61. The average molecular weight is 330 g/mol. The Bertz CT molecular complexity index is 531. The Kier molecular flexibility index (Phi) is 5.64. The number of halogens is 3. The van der Waals surface area contributed by atoms with Gasteiger partial charge in [-0.15, -0.1) is 0 Å². The SMILES string of the molecule is CC(Cc1ccc(C(F)(F)F)cc1)C(=O)NCC1CNCC1O. The Morgan fingerprint density at radius 1 is 1.35 bits per heavy atom. The fourth-order valence-electron chi connectivity index (χ4n) is 2.61. The van der Waals surface area contributed by atoms with Crippen LogP contribution in [-0.2, 0) is 17.4 Å². The van der Waals surface area contributed by atoms with Crippen molar-refractivity contribution in [2.45, 2.75) is 25.6 Å². The molecule has 2 rings (SSSR count). The Morgan fingerprint density at radius 3 is 2.52 bits per heavy atom. The van der Waals surface area contributed by atoms with Gasteiger partial charge in [0.1, 0.15) is 0 Å². The van der Waals surface area contributed by atoms with Crippen LogP contribution in [0.15, 0.2) is 24.3 Å². The van der Waals surface area contributed by atoms with Gasteiger partial charge in [0.05, 0.1) is 11.7 Å². The van der Waals surface area contributed by atoms with Crippen molar-refractivity contribution in [2.24, 2.45) is 11.8 Å². The van der Waals surface area contributed by atoms with Gasteiger partial charge < -0.3 is 15.7 Å². The number of amides is 1. The van der Waals surface area contributed by atoms with Gasteiger partial charge in [-0.2, -0.15) is 13.2 Å². The first kappa shape index (κ1) is 17.7. The fraction of sp³-hybridized carbons (Fsp3) is 0.562. The third-order valence-corrected chi connectivity index (χ3v) is 4.11. The zero-order valence-electron chi connectivity index (χ0n) is 12.9. The van der Waals surface area contributed by atoms with E-state index in [2.05, 4.69) is 10.6 Å². The molecule has 0 aromatic heterocycles. The standard InChI is InChI=1S/C16H21F3N2O2/c1-10(15(23)21-8-12-7-20-9-14(12)22)6-11-2-4-13(5-3-11)16(17,18)19/h2-5,10,12,14,20,22H,6-9H2,1H3,(H,21,23). The lowest BCUT2D eigenvalue weighted by atomic mass is 9.98. The zero-order valence-corrected chi connectivity index (χ0v) is 12.9. The van der Waals surface area contributed by atoms with E-state index in [4.69, 9.17) is 0 Å². The van der Waals surface area contributed by atoms with Crippen LogP contribution in [-0.4, -0.2) is 36.8 Å². The van der Waals surface area contributed by atoms with Gasteiger partial charge in [0.15, 0.2) is 0 Å². The van der Waals surface area contributed by atoms with Crippen LogP contribution in [0, 0.1) is 11.8 Å². The molecule has 0 saturated carbocycles. The van der Waals surface area contributed by atoms with Crippen LogP contribution in [0.4, 0.5) is 13.2 Å². The van der Waals surface area contributed by atoms with Gasteiger partial charge in [-0.3, -0.25) is 4.79 Å². The number of aliphatic hydroxyl groups is 1. The van der Waals surface area contributed by atoms with Crippen molar-refractivity contribution in [1.82, 2.24) is 10.6 Å². The summed E-state index contributed by atoms with van der Waals surface area (Å²) >= 11 is 0. The summed E-state index contributed by atoms with van der Waals surface area (Å²) in [5.41, 5.74) is -0.00991. The van der Waals surface area contributed by atoms with E-state index < -0.39 is 17.8 Å². The highest BCUT2D eigenvalue weighted by Crippen LogP contribution is 2.29. The number of carbonyl (C=O) groups excluding carboxylic acids is 1. The van der Waals surface area contributed by atoms with Crippen LogP contribution >= 0.6 is 0 Å². The maximum atomic E-state index is 12.5. The summed E-state index contributed by atoms with van der Waals surface area (Å²) in [6.45, 7) is 3.32. The Hall–Kier alpha value is -1.60. The van der Waals surface area contributed by atoms with Crippen molar-refractivity contribution in [1.29, 1.82) is 0 Å². The number of alkyl halides is 3. The van der Waals surface area contributed by atoms with Gasteiger partial charge in [0, 0.05) is 31.5 Å². The highest BCUT2D eigenvalue weighted by atomic mass is 19.4. The molecule has 4 nitrogen and oxygen atoms in total. The molecule has 128 valence electrons. The summed E-state index contributed by atoms with van der Waals surface area (Å²) in [5, 5.41) is 15.5. The summed E-state index contributed by atoms with van der Waals surface area (Å²) in [5.74, 6) is -0.514. The highest BCUT2D eigenvalue weighted by molar-refractivity contribution is 5.78. The largest absolute Gasteiger partial charge is 0.416 e. The number of benzene rings is 1. The normalized spacial score (nSPS) is 22.8. The molecule has 0 radical (unpaired) electrons. The minimum Gasteiger partial charge on any atom is -0.391 e. The lowest BCUT2D eigenvalue weighted by Gasteiger charge is -2.17. The summed E-state index contributed by atoms with van der Waals surface area (Å²) in [6.07, 6.45) is -4.44. The van der Waals surface area contributed by atoms with Gasteiger partial charge in [-0.1, -0.05) is 19.1 Å². The summed E-state index contributed by atoms with van der Waals surface area (Å²) in [6, 6.07) is 4.86. The van der Waals surface area contributed by atoms with Gasteiger partial charge in [-0.25, -0.2) is 0 Å². The number of hydrogen-bond acceptors (Lipinski definition) is 3. The number of nitrogens with one attached hydrogen (secondary N) is 2. The molecule has 1 saturated heterocycles. The molecule has 1 fully saturated rings. The van der Waals surface area contributed by atoms with E-state index in [0.29, 0.717) is 31.6 Å². The second-order valence-corrected chi connectivity index (χ2v) is 6.03. The quantitative estimate of drug-likeness (QED) is 0.768. The molecule has 1 aliphatic rings. The van der Waals surface area contributed by atoms with Gasteiger partial charge >= 0.3 is 6.18 Å². The average Bonchev–Trinajstić information content (AvgIpc) is 2.89. The van der Waals surface area contributed by atoms with Crippen LogP contribution in [0.2, 0.25) is 0 Å². The van der Waals surface area contributed by atoms with Crippen molar-refractivity contribution < 1.29 is 23.1 Å². The maximum absolute atomic E-state index is 12.5. The van der Waals surface area contributed by atoms with E-state index in [1.807, 2.05) is 0 Å². The molecular weight excluding hydrogens is 309 g/mol. The Balaban J connectivity index is 1.83. The number of aliphatic hydroxyl groups excluding tert-OH is 1. The summed E-state index contributed by atoms with van der Waals surface area (Å²) in [4.78, 5) is 12.0. The first-order chi connectivity index (χ1) is 10.8. The van der Waals surface area contributed by atoms with Crippen molar-refractivity contribution in [2.75, 3.05) is 19.6 Å². The molecule has 0 bridgehead atoms. The molecule has 0 aliphatic carbocycles. The molecule has 1 aromatic carbocycles. The van der Waals surface area contributed by atoms with Gasteiger partial charge in [-0.05, 0) is 24.1 Å². The predicted molar refractivity (Wildman–Crippen MR) is 79.7 cm³/mol. The Morgan fingerprint density at radius 2 is 2.00 bits per heavy atom. The molecule has 1 aromatic rings. The molecule has 1 heterocycles. The second kappa shape index (κ2) is 7.31. The molecule has 7 heteroatoms. The third kappa shape index (κ3) is 4.94. The van der Waals surface area contributed by atoms with Crippen LogP contribution in [0.1, 0.15) is 18.1 Å². The lowest BCUT2D eigenvalue weighted by molar-refractivity contribution is -0.137. The van der Waals surface area contributed by atoms with E-state index >= 15 is 0 Å². The zero-order chi connectivity index (χ0) is 17.0. The molecule has 1 amide bonds. The number of β-amino-alcohol motifs (C(OH)–C–C–N with tert-alkyl or cyclic N) is 1. The van der Waals surface area contributed by atoms with E-state index in [0.717, 1.165) is 12.1 Å². The van der Waals surface area contributed by atoms with Crippen molar-refractivity contribution in [3.05, 3.63) is 35.4 Å². The molecular formula is C16H21F3N2O2. The van der Waals surface area contributed by atoms with E-state index in [9.17, 15) is 23.1 Å². The topological polar surface area (TPSA) is 61.4 Å². The van der Waals surface area contributed by atoms with Gasteiger partial charge in [0.2, 0.25) is 5.91 Å². The molecule has 0 spiro atoms. The number of carbonyl (C=O) groups is 1. The third-order valence-electron chi connectivity index (χ3n) is 4.11. The van der Waals surface area contributed by atoms with Crippen molar-refractivity contribution >= 4 is 5.91 Å². The lowest BCUT2D eigenvalue weighted by Crippen LogP contribution is -2.37. The molecule has 23 heavy (non-hydrogen) atoms. The smallest absolute Gasteiger partial charge is 0.391 e. The van der Waals surface area contributed by atoms with Crippen molar-refractivity contribution in [3.63, 3.8) is 0 Å². The second-order valence-electron chi connectivity index (χ2n) is 6.03. The van der Waals surface area contributed by atoms with Crippen LogP contribution in [0.25, 0.3) is 0 Å². The molecule has 3 atom stereocenters. The highest BCUT2D eigenvalue weighted by Gasteiger charge is 2.30. The van der Waals surface area contributed by atoms with E-state index in [1.54, 1.807) is 6.92 Å². The Labute approximate surface area is 133 Å². The number of rotatable bonds is 5. The first-order valence-electron chi connectivity index (χ1n) is 7.60. The van der Waals surface area contributed by atoms with Crippen LogP contribution in [0.5, 0.6) is 0 Å². The van der Waals surface area contributed by atoms with Crippen LogP contribution in [0.3, 0.4) is 0 Å².